The number of hydrogen-bond donors (Lipinski definition) is 1. The highest BCUT2D eigenvalue weighted by Gasteiger charge is 2.20. The Morgan fingerprint density at radius 2 is 2.31 bits per heavy atom. The second kappa shape index (κ2) is 6.68. The zero-order valence-corrected chi connectivity index (χ0v) is 9.43. The topological polar surface area (TPSA) is 12.5 Å². The summed E-state index contributed by atoms with van der Waals surface area (Å²) in [5.41, 5.74) is 0. The van der Waals surface area contributed by atoms with Gasteiger partial charge >= 0.3 is 0 Å². The Labute approximate surface area is 87.0 Å². The Balaban J connectivity index is 2.19. The number of thiol groups is 1. The summed E-state index contributed by atoms with van der Waals surface area (Å²) in [7, 11) is 0. The predicted molar refractivity (Wildman–Crippen MR) is 59.6 cm³/mol. The summed E-state index contributed by atoms with van der Waals surface area (Å²) in [5, 5.41) is 0. The van der Waals surface area contributed by atoms with Crippen LogP contribution in [0.2, 0.25) is 0 Å². The number of nitrogens with zero attached hydrogens (tertiary/aromatic N) is 1. The van der Waals surface area contributed by atoms with E-state index >= 15 is 0 Å². The van der Waals surface area contributed by atoms with Crippen LogP contribution in [0.3, 0.4) is 0 Å². The van der Waals surface area contributed by atoms with Crippen molar-refractivity contribution in [1.82, 2.24) is 4.90 Å². The summed E-state index contributed by atoms with van der Waals surface area (Å²) in [5.74, 6) is 1.02. The lowest BCUT2D eigenvalue weighted by atomic mass is 10.1. The van der Waals surface area contributed by atoms with Crippen LogP contribution in [0, 0.1) is 0 Å². The molecular formula is C10H21NOS. The minimum atomic E-state index is 0.661. The maximum Gasteiger partial charge on any atom is 0.0622 e. The van der Waals surface area contributed by atoms with Crippen molar-refractivity contribution >= 4 is 12.6 Å². The van der Waals surface area contributed by atoms with Gasteiger partial charge in [0.15, 0.2) is 0 Å². The van der Waals surface area contributed by atoms with Crippen LogP contribution in [0.5, 0.6) is 0 Å². The Morgan fingerprint density at radius 3 is 3.00 bits per heavy atom. The maximum absolute atomic E-state index is 5.45. The van der Waals surface area contributed by atoms with Gasteiger partial charge < -0.3 is 4.74 Å². The molecule has 1 atom stereocenters. The van der Waals surface area contributed by atoms with Gasteiger partial charge in [-0.15, -0.1) is 0 Å². The molecule has 2 nitrogen and oxygen atoms in total. The van der Waals surface area contributed by atoms with E-state index in [1.54, 1.807) is 0 Å². The summed E-state index contributed by atoms with van der Waals surface area (Å²) >= 11 is 4.22. The first kappa shape index (κ1) is 11.3. The molecule has 0 radical (unpaired) electrons. The average Bonchev–Trinajstić information content (AvgIpc) is 2.19. The Morgan fingerprint density at radius 1 is 1.46 bits per heavy atom. The highest BCUT2D eigenvalue weighted by atomic mass is 32.1. The Bertz CT molecular complexity index is 132. The van der Waals surface area contributed by atoms with Crippen molar-refractivity contribution in [3.63, 3.8) is 0 Å². The van der Waals surface area contributed by atoms with Crippen LogP contribution in [0.1, 0.15) is 26.2 Å². The van der Waals surface area contributed by atoms with Crippen LogP contribution in [0.15, 0.2) is 0 Å². The molecule has 0 aromatic rings. The molecular weight excluding hydrogens is 182 g/mol. The molecule has 0 aromatic carbocycles. The van der Waals surface area contributed by atoms with Crippen LogP contribution in [0.25, 0.3) is 0 Å². The third-order valence-electron chi connectivity index (χ3n) is 2.67. The first-order valence-electron chi connectivity index (χ1n) is 5.31. The van der Waals surface area contributed by atoms with Gasteiger partial charge in [-0.2, -0.15) is 12.6 Å². The van der Waals surface area contributed by atoms with E-state index in [1.807, 2.05) is 0 Å². The van der Waals surface area contributed by atoms with Crippen molar-refractivity contribution in [1.29, 1.82) is 0 Å². The van der Waals surface area contributed by atoms with E-state index in [4.69, 9.17) is 4.74 Å². The van der Waals surface area contributed by atoms with Crippen molar-refractivity contribution in [2.45, 2.75) is 32.2 Å². The first-order chi connectivity index (χ1) is 6.38. The molecule has 1 unspecified atom stereocenters. The monoisotopic (exact) mass is 203 g/mol. The Hall–Kier alpha value is 0.270. The first-order valence-corrected chi connectivity index (χ1v) is 5.94. The average molecular weight is 203 g/mol. The van der Waals surface area contributed by atoms with Crippen LogP contribution in [-0.4, -0.2) is 43.0 Å². The molecule has 1 fully saturated rings. The molecule has 0 N–H and O–H groups in total. The van der Waals surface area contributed by atoms with Crippen molar-refractivity contribution in [3.05, 3.63) is 0 Å². The molecule has 0 saturated carbocycles. The van der Waals surface area contributed by atoms with Gasteiger partial charge in [0, 0.05) is 12.6 Å². The molecule has 1 aliphatic rings. The molecule has 0 aliphatic carbocycles. The molecule has 1 saturated heterocycles. The molecule has 1 heterocycles. The van der Waals surface area contributed by atoms with Gasteiger partial charge in [-0.05, 0) is 31.6 Å². The van der Waals surface area contributed by atoms with Gasteiger partial charge in [-0.3, -0.25) is 4.90 Å². The lowest BCUT2D eigenvalue weighted by Crippen LogP contribution is -2.45. The fraction of sp³-hybridized carbons (Fsp3) is 1.00. The molecule has 1 aliphatic heterocycles. The van der Waals surface area contributed by atoms with E-state index in [-0.39, 0.29) is 0 Å². The summed E-state index contributed by atoms with van der Waals surface area (Å²) in [6.45, 7) is 6.42. The normalized spacial score (nSPS) is 24.9. The van der Waals surface area contributed by atoms with Gasteiger partial charge in [0.05, 0.1) is 13.2 Å². The highest BCUT2D eigenvalue weighted by molar-refractivity contribution is 7.80. The zero-order valence-electron chi connectivity index (χ0n) is 8.54. The molecule has 0 aromatic heterocycles. The largest absolute Gasteiger partial charge is 0.378 e. The van der Waals surface area contributed by atoms with E-state index in [0.717, 1.165) is 25.5 Å². The van der Waals surface area contributed by atoms with Crippen LogP contribution < -0.4 is 0 Å². The van der Waals surface area contributed by atoms with E-state index < -0.39 is 0 Å². The fourth-order valence-electron chi connectivity index (χ4n) is 1.79. The predicted octanol–water partition coefficient (Wildman–Crippen LogP) is 1.81. The summed E-state index contributed by atoms with van der Waals surface area (Å²) < 4.78 is 5.45. The molecule has 1 rings (SSSR count). The smallest absolute Gasteiger partial charge is 0.0622 e. The zero-order chi connectivity index (χ0) is 9.52. The van der Waals surface area contributed by atoms with Crippen molar-refractivity contribution in [2.75, 3.05) is 32.1 Å². The summed E-state index contributed by atoms with van der Waals surface area (Å²) in [6.07, 6.45) is 3.72. The Kier molecular flexibility index (Phi) is 5.83. The van der Waals surface area contributed by atoms with Gasteiger partial charge in [0.1, 0.15) is 0 Å². The molecule has 0 bridgehead atoms. The minimum Gasteiger partial charge on any atom is -0.378 e. The van der Waals surface area contributed by atoms with Crippen LogP contribution >= 0.6 is 12.6 Å². The van der Waals surface area contributed by atoms with E-state index in [1.165, 1.54) is 25.8 Å². The van der Waals surface area contributed by atoms with Crippen LogP contribution in [0.4, 0.5) is 0 Å². The fourth-order valence-corrected chi connectivity index (χ4v) is 2.01. The molecule has 0 spiro atoms. The lowest BCUT2D eigenvalue weighted by Gasteiger charge is -2.34. The van der Waals surface area contributed by atoms with E-state index in [0.29, 0.717) is 6.04 Å². The number of morpholine rings is 1. The van der Waals surface area contributed by atoms with Gasteiger partial charge in [0.25, 0.3) is 0 Å². The second-order valence-corrected chi connectivity index (χ2v) is 4.05. The molecule has 13 heavy (non-hydrogen) atoms. The standard InChI is InChI=1S/C10H21NOS/c1-2-10-9-12-7-6-11(10)5-3-4-8-13/h10,13H,2-9H2,1H3. The van der Waals surface area contributed by atoms with E-state index in [9.17, 15) is 0 Å². The van der Waals surface area contributed by atoms with E-state index in [2.05, 4.69) is 24.5 Å². The van der Waals surface area contributed by atoms with Gasteiger partial charge in [0.2, 0.25) is 0 Å². The van der Waals surface area contributed by atoms with Gasteiger partial charge in [-0.25, -0.2) is 0 Å². The summed E-state index contributed by atoms with van der Waals surface area (Å²) in [6, 6.07) is 0.661. The number of unbranched alkanes of at least 4 members (excludes halogenated alkanes) is 1. The molecule has 3 heteroatoms. The van der Waals surface area contributed by atoms with Crippen molar-refractivity contribution < 1.29 is 4.74 Å². The molecule has 78 valence electrons. The third-order valence-corrected chi connectivity index (χ3v) is 2.99. The maximum atomic E-state index is 5.45. The van der Waals surface area contributed by atoms with Gasteiger partial charge in [-0.1, -0.05) is 6.92 Å². The lowest BCUT2D eigenvalue weighted by molar-refractivity contribution is -0.00895. The second-order valence-electron chi connectivity index (χ2n) is 3.60. The third kappa shape index (κ3) is 3.88. The number of rotatable bonds is 5. The quantitative estimate of drug-likeness (QED) is 0.540. The number of ether oxygens (including phenoxy) is 1. The van der Waals surface area contributed by atoms with Crippen molar-refractivity contribution in [2.24, 2.45) is 0 Å². The SMILES string of the molecule is CCC1COCCN1CCCCS. The van der Waals surface area contributed by atoms with Crippen molar-refractivity contribution in [3.8, 4) is 0 Å². The highest BCUT2D eigenvalue weighted by Crippen LogP contribution is 2.11. The summed E-state index contributed by atoms with van der Waals surface area (Å²) in [4.78, 5) is 2.56. The molecule has 0 amide bonds. The minimum absolute atomic E-state index is 0.661. The van der Waals surface area contributed by atoms with Crippen LogP contribution in [-0.2, 0) is 4.74 Å². The number of hydrogen-bond acceptors (Lipinski definition) is 3.